The molecular formula is C13H17BrN2S. The number of nitrogens with zero attached hydrogens (tertiary/aromatic N) is 1. The summed E-state index contributed by atoms with van der Waals surface area (Å²) >= 11 is 8.93. The van der Waals surface area contributed by atoms with Crippen LogP contribution in [-0.4, -0.2) is 9.55 Å². The molecule has 1 aromatic heterocycles. The first kappa shape index (κ1) is 12.8. The van der Waals surface area contributed by atoms with Crippen LogP contribution in [0.1, 0.15) is 33.2 Å². The molecule has 0 aliphatic rings. The Morgan fingerprint density at radius 2 is 2.06 bits per heavy atom. The van der Waals surface area contributed by atoms with Gasteiger partial charge in [-0.05, 0) is 49.7 Å². The van der Waals surface area contributed by atoms with E-state index in [1.165, 1.54) is 5.52 Å². The Bertz CT molecular complexity index is 583. The number of benzene rings is 1. The Hall–Kier alpha value is -0.610. The van der Waals surface area contributed by atoms with Crippen LogP contribution in [0.3, 0.4) is 0 Å². The Morgan fingerprint density at radius 1 is 1.35 bits per heavy atom. The number of H-pyrrole nitrogens is 1. The highest BCUT2D eigenvalue weighted by molar-refractivity contribution is 9.10. The quantitative estimate of drug-likeness (QED) is 0.785. The summed E-state index contributed by atoms with van der Waals surface area (Å²) in [6, 6.07) is 6.64. The number of aromatic amines is 1. The standard InChI is InChI=1S/C13H17BrN2S/c1-8(2)6-9(3)16-12-7-10(14)4-5-11(12)15-13(16)17/h4-5,7-9H,6H2,1-3H3,(H,15,17). The van der Waals surface area contributed by atoms with Gasteiger partial charge in [0.25, 0.3) is 0 Å². The van der Waals surface area contributed by atoms with E-state index in [0.29, 0.717) is 12.0 Å². The Morgan fingerprint density at radius 3 is 2.71 bits per heavy atom. The fourth-order valence-corrected chi connectivity index (χ4v) is 3.06. The minimum atomic E-state index is 0.422. The predicted molar refractivity (Wildman–Crippen MR) is 79.0 cm³/mol. The molecule has 0 bridgehead atoms. The van der Waals surface area contributed by atoms with Gasteiger partial charge >= 0.3 is 0 Å². The first-order valence-electron chi connectivity index (χ1n) is 5.89. The predicted octanol–water partition coefficient (Wildman–Crippen LogP) is 5.07. The maximum atomic E-state index is 5.42. The fourth-order valence-electron chi connectivity index (χ4n) is 2.32. The van der Waals surface area contributed by atoms with Crippen LogP contribution in [0.15, 0.2) is 22.7 Å². The van der Waals surface area contributed by atoms with Crippen LogP contribution < -0.4 is 0 Å². The van der Waals surface area contributed by atoms with Crippen molar-refractivity contribution in [1.82, 2.24) is 9.55 Å². The Balaban J connectivity index is 2.55. The zero-order chi connectivity index (χ0) is 12.6. The average molecular weight is 313 g/mol. The van der Waals surface area contributed by atoms with Crippen molar-refractivity contribution in [2.24, 2.45) is 5.92 Å². The maximum absolute atomic E-state index is 5.42. The number of rotatable bonds is 3. The molecule has 4 heteroatoms. The number of fused-ring (bicyclic) bond motifs is 1. The number of halogens is 1. The summed E-state index contributed by atoms with van der Waals surface area (Å²) in [5.41, 5.74) is 2.28. The van der Waals surface area contributed by atoms with Crippen LogP contribution in [0, 0.1) is 10.7 Å². The summed E-state index contributed by atoms with van der Waals surface area (Å²) in [6.45, 7) is 6.71. The lowest BCUT2D eigenvalue weighted by molar-refractivity contribution is 0.432. The molecule has 0 radical (unpaired) electrons. The van der Waals surface area contributed by atoms with Gasteiger partial charge in [-0.2, -0.15) is 0 Å². The minimum absolute atomic E-state index is 0.422. The van der Waals surface area contributed by atoms with Crippen LogP contribution in [0.2, 0.25) is 0 Å². The van der Waals surface area contributed by atoms with E-state index in [1.807, 2.05) is 6.07 Å². The zero-order valence-electron chi connectivity index (χ0n) is 10.3. The number of imidazole rings is 1. The summed E-state index contributed by atoms with van der Waals surface area (Å²) in [7, 11) is 0. The van der Waals surface area contributed by atoms with E-state index < -0.39 is 0 Å². The normalized spacial score (nSPS) is 13.5. The largest absolute Gasteiger partial charge is 0.331 e. The van der Waals surface area contributed by atoms with Gasteiger partial charge in [-0.15, -0.1) is 0 Å². The monoisotopic (exact) mass is 312 g/mol. The molecule has 1 unspecified atom stereocenters. The van der Waals surface area contributed by atoms with Crippen molar-refractivity contribution in [3.05, 3.63) is 27.4 Å². The smallest absolute Gasteiger partial charge is 0.178 e. The molecule has 0 aliphatic heterocycles. The summed E-state index contributed by atoms with van der Waals surface area (Å²) in [6.07, 6.45) is 1.13. The summed E-state index contributed by atoms with van der Waals surface area (Å²) in [5.74, 6) is 0.670. The lowest BCUT2D eigenvalue weighted by Gasteiger charge is -2.16. The second-order valence-corrected chi connectivity index (χ2v) is 6.24. The van der Waals surface area contributed by atoms with E-state index in [4.69, 9.17) is 12.2 Å². The van der Waals surface area contributed by atoms with Gasteiger partial charge in [0.15, 0.2) is 4.77 Å². The third kappa shape index (κ3) is 2.63. The van der Waals surface area contributed by atoms with E-state index >= 15 is 0 Å². The zero-order valence-corrected chi connectivity index (χ0v) is 12.7. The Labute approximate surface area is 115 Å². The molecule has 1 aromatic carbocycles. The van der Waals surface area contributed by atoms with Crippen molar-refractivity contribution in [3.8, 4) is 0 Å². The summed E-state index contributed by atoms with van der Waals surface area (Å²) < 4.78 is 4.12. The van der Waals surface area contributed by atoms with E-state index in [1.54, 1.807) is 0 Å². The van der Waals surface area contributed by atoms with Crippen molar-refractivity contribution < 1.29 is 0 Å². The van der Waals surface area contributed by atoms with Crippen molar-refractivity contribution in [2.45, 2.75) is 33.2 Å². The molecule has 0 amide bonds. The van der Waals surface area contributed by atoms with Crippen LogP contribution in [-0.2, 0) is 0 Å². The Kier molecular flexibility index (Phi) is 3.73. The number of nitrogens with one attached hydrogen (secondary N) is 1. The molecule has 2 aromatic rings. The van der Waals surface area contributed by atoms with E-state index in [9.17, 15) is 0 Å². The van der Waals surface area contributed by atoms with Crippen molar-refractivity contribution in [1.29, 1.82) is 0 Å². The number of hydrogen-bond donors (Lipinski definition) is 1. The molecule has 1 heterocycles. The molecule has 0 saturated heterocycles. The van der Waals surface area contributed by atoms with Crippen molar-refractivity contribution in [2.75, 3.05) is 0 Å². The highest BCUT2D eigenvalue weighted by atomic mass is 79.9. The van der Waals surface area contributed by atoms with Gasteiger partial charge in [0, 0.05) is 10.5 Å². The average Bonchev–Trinajstić information content (AvgIpc) is 2.52. The summed E-state index contributed by atoms with van der Waals surface area (Å²) in [5, 5.41) is 0. The SMILES string of the molecule is CC(C)CC(C)n1c(=S)[nH]c2ccc(Br)cc21. The van der Waals surface area contributed by atoms with Crippen LogP contribution in [0.4, 0.5) is 0 Å². The van der Waals surface area contributed by atoms with Gasteiger partial charge in [-0.1, -0.05) is 29.8 Å². The minimum Gasteiger partial charge on any atom is -0.331 e. The van der Waals surface area contributed by atoms with E-state index in [0.717, 1.165) is 21.2 Å². The second-order valence-electron chi connectivity index (χ2n) is 4.94. The number of aromatic nitrogens is 2. The van der Waals surface area contributed by atoms with E-state index in [-0.39, 0.29) is 0 Å². The molecule has 92 valence electrons. The molecule has 2 rings (SSSR count). The highest BCUT2D eigenvalue weighted by Gasteiger charge is 2.12. The van der Waals surface area contributed by atoms with Crippen LogP contribution in [0.25, 0.3) is 11.0 Å². The van der Waals surface area contributed by atoms with Crippen LogP contribution >= 0.6 is 28.1 Å². The number of hydrogen-bond acceptors (Lipinski definition) is 1. The van der Waals surface area contributed by atoms with Gasteiger partial charge < -0.3 is 9.55 Å². The van der Waals surface area contributed by atoms with Gasteiger partial charge in [0.05, 0.1) is 11.0 Å². The first-order valence-corrected chi connectivity index (χ1v) is 7.09. The molecule has 17 heavy (non-hydrogen) atoms. The van der Waals surface area contributed by atoms with Gasteiger partial charge in [-0.3, -0.25) is 0 Å². The molecule has 0 saturated carbocycles. The molecule has 1 N–H and O–H groups in total. The molecular weight excluding hydrogens is 296 g/mol. The van der Waals surface area contributed by atoms with Crippen molar-refractivity contribution >= 4 is 39.2 Å². The van der Waals surface area contributed by atoms with Gasteiger partial charge in [0.1, 0.15) is 0 Å². The third-order valence-electron chi connectivity index (χ3n) is 2.93. The van der Waals surface area contributed by atoms with Crippen LogP contribution in [0.5, 0.6) is 0 Å². The molecule has 0 aliphatic carbocycles. The molecule has 0 fully saturated rings. The van der Waals surface area contributed by atoms with E-state index in [2.05, 4.69) is 58.4 Å². The summed E-state index contributed by atoms with van der Waals surface area (Å²) in [4.78, 5) is 3.27. The molecule has 2 nitrogen and oxygen atoms in total. The van der Waals surface area contributed by atoms with Gasteiger partial charge in [0.2, 0.25) is 0 Å². The van der Waals surface area contributed by atoms with Crippen molar-refractivity contribution in [3.63, 3.8) is 0 Å². The van der Waals surface area contributed by atoms with Gasteiger partial charge in [-0.25, -0.2) is 0 Å². The maximum Gasteiger partial charge on any atom is 0.178 e. The second kappa shape index (κ2) is 4.94. The lowest BCUT2D eigenvalue weighted by atomic mass is 10.1. The topological polar surface area (TPSA) is 20.7 Å². The first-order chi connectivity index (χ1) is 7.99. The fraction of sp³-hybridized carbons (Fsp3) is 0.462. The highest BCUT2D eigenvalue weighted by Crippen LogP contribution is 2.25. The lowest BCUT2D eigenvalue weighted by Crippen LogP contribution is -2.08. The molecule has 0 spiro atoms. The molecule has 1 atom stereocenters. The third-order valence-corrected chi connectivity index (χ3v) is 3.73.